The maximum Gasteiger partial charge on any atom is 0.434 e. The molecule has 6 heteroatoms. The van der Waals surface area contributed by atoms with E-state index in [1.165, 1.54) is 11.2 Å². The summed E-state index contributed by atoms with van der Waals surface area (Å²) in [5, 5.41) is 1.97. The molecule has 2 aromatic heterocycles. The normalized spacial score (nSPS) is 15.5. The summed E-state index contributed by atoms with van der Waals surface area (Å²) in [4.78, 5) is 24.4. The number of nitrogens with zero attached hydrogens (tertiary/aromatic N) is 3. The van der Waals surface area contributed by atoms with E-state index in [0.29, 0.717) is 5.82 Å². The summed E-state index contributed by atoms with van der Waals surface area (Å²) >= 11 is 1.57. The fourth-order valence-electron chi connectivity index (χ4n) is 2.16. The molecule has 3 heterocycles. The van der Waals surface area contributed by atoms with Crippen LogP contribution in [0, 0.1) is 0 Å². The van der Waals surface area contributed by atoms with Crippen LogP contribution in [0.15, 0.2) is 29.9 Å². The first-order valence-electron chi connectivity index (χ1n) is 6.39. The van der Waals surface area contributed by atoms with E-state index in [1.54, 1.807) is 28.6 Å². The lowest BCUT2D eigenvalue weighted by molar-refractivity contribution is 0.0874. The zero-order valence-corrected chi connectivity index (χ0v) is 11.3. The van der Waals surface area contributed by atoms with Crippen LogP contribution >= 0.6 is 11.3 Å². The molecule has 1 aliphatic heterocycles. The second kappa shape index (κ2) is 5.44. The van der Waals surface area contributed by atoms with Gasteiger partial charge in [-0.1, -0.05) is 6.07 Å². The van der Waals surface area contributed by atoms with Crippen molar-refractivity contribution in [1.29, 1.82) is 0 Å². The fraction of sp³-hybridized carbons (Fsp3) is 0.385. The van der Waals surface area contributed by atoms with E-state index in [9.17, 15) is 4.79 Å². The Hall–Kier alpha value is -1.82. The monoisotopic (exact) mass is 277 g/mol. The van der Waals surface area contributed by atoms with Gasteiger partial charge >= 0.3 is 6.09 Å². The van der Waals surface area contributed by atoms with E-state index >= 15 is 0 Å². The molecule has 2 aromatic rings. The van der Waals surface area contributed by atoms with E-state index in [1.807, 2.05) is 17.5 Å². The summed E-state index contributed by atoms with van der Waals surface area (Å²) in [6, 6.07) is 3.91. The Bertz CT molecular complexity index is 544. The highest BCUT2D eigenvalue weighted by molar-refractivity contribution is 7.13. The SMILES string of the molecule is O=C(On1ccnc1-c1cccs1)N1CCCCC1. The number of imidazole rings is 1. The van der Waals surface area contributed by atoms with Crippen LogP contribution in [-0.2, 0) is 0 Å². The Morgan fingerprint density at radius 2 is 2.16 bits per heavy atom. The van der Waals surface area contributed by atoms with Gasteiger partial charge in [0.2, 0.25) is 0 Å². The zero-order chi connectivity index (χ0) is 13.1. The van der Waals surface area contributed by atoms with Gasteiger partial charge in [-0.3, -0.25) is 0 Å². The fourth-order valence-corrected chi connectivity index (χ4v) is 2.87. The van der Waals surface area contributed by atoms with Crippen LogP contribution in [0.5, 0.6) is 0 Å². The quantitative estimate of drug-likeness (QED) is 0.848. The standard InChI is InChI=1S/C13H15N3O2S/c17-13(15-7-2-1-3-8-15)18-16-9-6-14-12(16)11-5-4-10-19-11/h4-6,9-10H,1-3,7-8H2. The third-order valence-electron chi connectivity index (χ3n) is 3.14. The van der Waals surface area contributed by atoms with Crippen LogP contribution in [0.2, 0.25) is 0 Å². The third kappa shape index (κ3) is 2.63. The van der Waals surface area contributed by atoms with Gasteiger partial charge in [-0.15, -0.1) is 11.3 Å². The molecule has 0 unspecified atom stereocenters. The van der Waals surface area contributed by atoms with E-state index in [0.717, 1.165) is 30.8 Å². The minimum Gasteiger partial charge on any atom is -0.315 e. The molecule has 1 saturated heterocycles. The third-order valence-corrected chi connectivity index (χ3v) is 4.01. The van der Waals surface area contributed by atoms with Gasteiger partial charge < -0.3 is 9.74 Å². The molecule has 1 aliphatic rings. The topological polar surface area (TPSA) is 47.4 Å². The molecule has 1 amide bonds. The van der Waals surface area contributed by atoms with E-state index in [-0.39, 0.29) is 6.09 Å². The summed E-state index contributed by atoms with van der Waals surface area (Å²) in [5.41, 5.74) is 0. The Morgan fingerprint density at radius 1 is 1.32 bits per heavy atom. The molecule has 0 bridgehead atoms. The number of rotatable bonds is 2. The molecule has 0 aromatic carbocycles. The van der Waals surface area contributed by atoms with Crippen molar-refractivity contribution in [2.45, 2.75) is 19.3 Å². The maximum atomic E-state index is 12.0. The van der Waals surface area contributed by atoms with Crippen molar-refractivity contribution in [1.82, 2.24) is 14.6 Å². The summed E-state index contributed by atoms with van der Waals surface area (Å²) in [6.07, 6.45) is 6.30. The lowest BCUT2D eigenvalue weighted by Gasteiger charge is -2.25. The number of carbonyl (C=O) groups is 1. The van der Waals surface area contributed by atoms with E-state index in [2.05, 4.69) is 4.98 Å². The highest BCUT2D eigenvalue weighted by atomic mass is 32.1. The number of hydrogen-bond acceptors (Lipinski definition) is 4. The Balaban J connectivity index is 1.73. The van der Waals surface area contributed by atoms with Crippen molar-refractivity contribution >= 4 is 17.4 Å². The second-order valence-corrected chi connectivity index (χ2v) is 5.41. The van der Waals surface area contributed by atoms with Gasteiger partial charge in [-0.2, -0.15) is 4.73 Å². The van der Waals surface area contributed by atoms with E-state index < -0.39 is 0 Å². The molecule has 0 spiro atoms. The molecule has 0 aliphatic carbocycles. The van der Waals surface area contributed by atoms with Crippen LogP contribution in [0.4, 0.5) is 4.79 Å². The first-order valence-corrected chi connectivity index (χ1v) is 7.27. The summed E-state index contributed by atoms with van der Waals surface area (Å²) in [5.74, 6) is 0.667. The molecule has 0 N–H and O–H groups in total. The average molecular weight is 277 g/mol. The minimum atomic E-state index is -0.296. The molecule has 0 atom stereocenters. The number of likely N-dealkylation sites (tertiary alicyclic amines) is 1. The molecular weight excluding hydrogens is 262 g/mol. The molecule has 19 heavy (non-hydrogen) atoms. The number of aromatic nitrogens is 2. The first-order chi connectivity index (χ1) is 9.34. The van der Waals surface area contributed by atoms with Crippen LogP contribution in [0.3, 0.4) is 0 Å². The van der Waals surface area contributed by atoms with Gasteiger partial charge in [0.15, 0.2) is 5.82 Å². The van der Waals surface area contributed by atoms with Gasteiger partial charge in [0.1, 0.15) is 0 Å². The van der Waals surface area contributed by atoms with Crippen LogP contribution in [-0.4, -0.2) is 33.8 Å². The molecular formula is C13H15N3O2S. The van der Waals surface area contributed by atoms with Crippen molar-refractivity contribution in [3.8, 4) is 10.7 Å². The maximum absolute atomic E-state index is 12.0. The summed E-state index contributed by atoms with van der Waals surface area (Å²) in [7, 11) is 0. The molecule has 100 valence electrons. The van der Waals surface area contributed by atoms with Gasteiger partial charge in [-0.25, -0.2) is 9.78 Å². The Kier molecular flexibility index (Phi) is 3.50. The zero-order valence-electron chi connectivity index (χ0n) is 10.5. The van der Waals surface area contributed by atoms with Crippen molar-refractivity contribution in [3.63, 3.8) is 0 Å². The minimum absolute atomic E-state index is 0.296. The van der Waals surface area contributed by atoms with Crippen molar-refractivity contribution in [3.05, 3.63) is 29.9 Å². The van der Waals surface area contributed by atoms with Gasteiger partial charge in [0.05, 0.1) is 11.1 Å². The van der Waals surface area contributed by atoms with Crippen molar-refractivity contribution in [2.24, 2.45) is 0 Å². The number of thiophene rings is 1. The van der Waals surface area contributed by atoms with Crippen LogP contribution in [0.1, 0.15) is 19.3 Å². The molecule has 0 radical (unpaired) electrons. The smallest absolute Gasteiger partial charge is 0.315 e. The molecule has 5 nitrogen and oxygen atoms in total. The predicted molar refractivity (Wildman–Crippen MR) is 72.9 cm³/mol. The number of amides is 1. The second-order valence-electron chi connectivity index (χ2n) is 4.46. The van der Waals surface area contributed by atoms with Crippen molar-refractivity contribution in [2.75, 3.05) is 13.1 Å². The summed E-state index contributed by atoms with van der Waals surface area (Å²) < 4.78 is 1.45. The Morgan fingerprint density at radius 3 is 2.89 bits per heavy atom. The predicted octanol–water partition coefficient (Wildman–Crippen LogP) is 2.65. The highest BCUT2D eigenvalue weighted by Gasteiger charge is 2.20. The number of carbonyl (C=O) groups excluding carboxylic acids is 1. The Labute approximate surface area is 115 Å². The average Bonchev–Trinajstić information content (AvgIpc) is 3.10. The van der Waals surface area contributed by atoms with Gasteiger partial charge in [-0.05, 0) is 30.7 Å². The highest BCUT2D eigenvalue weighted by Crippen LogP contribution is 2.22. The van der Waals surface area contributed by atoms with E-state index in [4.69, 9.17) is 4.84 Å². The van der Waals surface area contributed by atoms with Crippen LogP contribution in [0.25, 0.3) is 10.7 Å². The number of hydrogen-bond donors (Lipinski definition) is 0. The van der Waals surface area contributed by atoms with Crippen LogP contribution < -0.4 is 4.84 Å². The lowest BCUT2D eigenvalue weighted by Crippen LogP contribution is -2.40. The number of piperidine rings is 1. The largest absolute Gasteiger partial charge is 0.434 e. The molecule has 1 fully saturated rings. The summed E-state index contributed by atoms with van der Waals surface area (Å²) in [6.45, 7) is 1.56. The molecule has 0 saturated carbocycles. The van der Waals surface area contributed by atoms with Crippen molar-refractivity contribution < 1.29 is 9.63 Å². The van der Waals surface area contributed by atoms with Gasteiger partial charge in [0.25, 0.3) is 0 Å². The molecule has 3 rings (SSSR count). The lowest BCUT2D eigenvalue weighted by atomic mass is 10.1. The van der Waals surface area contributed by atoms with Gasteiger partial charge in [0, 0.05) is 19.3 Å². The first kappa shape index (κ1) is 12.2.